The topological polar surface area (TPSA) is 72.5 Å². The molecule has 35 heavy (non-hydrogen) atoms. The predicted molar refractivity (Wildman–Crippen MR) is 140 cm³/mol. The van der Waals surface area contributed by atoms with Crippen molar-refractivity contribution < 1.29 is 4.79 Å². The number of fused-ring (bicyclic) bond motifs is 3. The van der Waals surface area contributed by atoms with E-state index >= 15 is 0 Å². The average molecular weight is 490 g/mol. The van der Waals surface area contributed by atoms with Gasteiger partial charge >= 0.3 is 0 Å². The van der Waals surface area contributed by atoms with E-state index in [0.29, 0.717) is 22.4 Å². The van der Waals surface area contributed by atoms with E-state index < -0.39 is 0 Å². The first-order valence-electron chi connectivity index (χ1n) is 12.2. The van der Waals surface area contributed by atoms with Crippen molar-refractivity contribution in [1.82, 2.24) is 24.1 Å². The summed E-state index contributed by atoms with van der Waals surface area (Å²) in [4.78, 5) is 28.5. The molecule has 2 heterocycles. The molecule has 1 amide bonds. The van der Waals surface area contributed by atoms with Crippen molar-refractivity contribution in [2.24, 2.45) is 5.92 Å². The number of aryl methyl sites for hydroxylation is 2. The van der Waals surface area contributed by atoms with Crippen LogP contribution in [0.4, 0.5) is 0 Å². The minimum absolute atomic E-state index is 0.0958. The number of thioether (sulfide) groups is 1. The fraction of sp³-hybridized carbons (Fsp3) is 0.407. The Balaban J connectivity index is 1.53. The number of nitrogens with zero attached hydrogens (tertiary/aromatic N) is 5. The molecule has 0 radical (unpaired) electrons. The van der Waals surface area contributed by atoms with Crippen LogP contribution in [0.15, 0.2) is 52.4 Å². The SMILES string of the molecule is Cc1ccc(C)c(-n2c(=O)c3ccccc3n3c(SCC(=O)N(C)C4CCC(C)CC4)nnc23)c1. The Morgan fingerprint density at radius 2 is 1.83 bits per heavy atom. The minimum Gasteiger partial charge on any atom is -0.342 e. The number of carbonyl (C=O) groups is 1. The first-order chi connectivity index (χ1) is 16.8. The molecule has 0 unspecified atom stereocenters. The van der Waals surface area contributed by atoms with Gasteiger partial charge in [0.25, 0.3) is 5.56 Å². The maximum absolute atomic E-state index is 13.6. The van der Waals surface area contributed by atoms with Crippen LogP contribution >= 0.6 is 11.8 Å². The second-order valence-electron chi connectivity index (χ2n) is 9.77. The number of carbonyl (C=O) groups excluding carboxylic acids is 1. The molecule has 0 atom stereocenters. The van der Waals surface area contributed by atoms with Crippen LogP contribution in [0.1, 0.15) is 43.7 Å². The molecule has 8 heteroatoms. The normalized spacial score (nSPS) is 18.3. The van der Waals surface area contributed by atoms with E-state index in [1.807, 2.05) is 72.7 Å². The van der Waals surface area contributed by atoms with Crippen LogP contribution in [-0.4, -0.2) is 48.8 Å². The van der Waals surface area contributed by atoms with Crippen molar-refractivity contribution in [3.8, 4) is 5.69 Å². The van der Waals surface area contributed by atoms with Gasteiger partial charge < -0.3 is 4.90 Å². The van der Waals surface area contributed by atoms with E-state index in [2.05, 4.69) is 17.1 Å². The van der Waals surface area contributed by atoms with Gasteiger partial charge in [-0.3, -0.25) is 14.0 Å². The molecule has 0 saturated heterocycles. The maximum atomic E-state index is 13.6. The van der Waals surface area contributed by atoms with Gasteiger partial charge in [0, 0.05) is 13.1 Å². The highest BCUT2D eigenvalue weighted by Crippen LogP contribution is 2.28. The molecule has 1 aliphatic rings. The highest BCUT2D eigenvalue weighted by molar-refractivity contribution is 7.99. The van der Waals surface area contributed by atoms with Gasteiger partial charge in [-0.05, 0) is 74.8 Å². The molecule has 0 aliphatic heterocycles. The van der Waals surface area contributed by atoms with Gasteiger partial charge in [0.15, 0.2) is 5.16 Å². The van der Waals surface area contributed by atoms with Crippen LogP contribution in [0.25, 0.3) is 22.4 Å². The molecule has 4 aromatic rings. The summed E-state index contributed by atoms with van der Waals surface area (Å²) in [6.45, 7) is 6.28. The number of hydrogen-bond acceptors (Lipinski definition) is 5. The van der Waals surface area contributed by atoms with Crippen molar-refractivity contribution >= 4 is 34.3 Å². The highest BCUT2D eigenvalue weighted by atomic mass is 32.2. The predicted octanol–water partition coefficient (Wildman–Crippen LogP) is 4.78. The van der Waals surface area contributed by atoms with Crippen molar-refractivity contribution in [3.05, 3.63) is 63.9 Å². The number of aromatic nitrogens is 4. The van der Waals surface area contributed by atoms with Gasteiger partial charge in [-0.2, -0.15) is 0 Å². The first kappa shape index (κ1) is 23.6. The fourth-order valence-corrected chi connectivity index (χ4v) is 5.88. The quantitative estimate of drug-likeness (QED) is 0.377. The summed E-state index contributed by atoms with van der Waals surface area (Å²) >= 11 is 1.37. The molecule has 2 aromatic heterocycles. The molecular formula is C27H31N5O2S. The molecule has 2 aromatic carbocycles. The Bertz CT molecular complexity index is 1470. The van der Waals surface area contributed by atoms with Gasteiger partial charge in [-0.25, -0.2) is 4.57 Å². The summed E-state index contributed by atoms with van der Waals surface area (Å²) in [5.74, 6) is 1.57. The molecule has 182 valence electrons. The Hall–Kier alpha value is -3.13. The Kier molecular flexibility index (Phi) is 6.40. The zero-order chi connectivity index (χ0) is 24.7. The van der Waals surface area contributed by atoms with E-state index in [9.17, 15) is 9.59 Å². The molecule has 1 aliphatic carbocycles. The number of para-hydroxylation sites is 1. The summed E-state index contributed by atoms with van der Waals surface area (Å²) in [5.41, 5.74) is 3.43. The third-order valence-corrected chi connectivity index (χ3v) is 8.17. The van der Waals surface area contributed by atoms with Gasteiger partial charge in [-0.1, -0.05) is 43.0 Å². The summed E-state index contributed by atoms with van der Waals surface area (Å²) < 4.78 is 3.54. The third kappa shape index (κ3) is 4.35. The van der Waals surface area contributed by atoms with Crippen LogP contribution < -0.4 is 5.56 Å². The molecule has 0 bridgehead atoms. The Labute approximate surface area is 209 Å². The van der Waals surface area contributed by atoms with Crippen LogP contribution in [0.2, 0.25) is 0 Å². The molecule has 1 fully saturated rings. The number of amides is 1. The second-order valence-corrected chi connectivity index (χ2v) is 10.7. The number of rotatable bonds is 5. The number of hydrogen-bond donors (Lipinski definition) is 0. The van der Waals surface area contributed by atoms with Gasteiger partial charge in [0.1, 0.15) is 0 Å². The average Bonchev–Trinajstić information content (AvgIpc) is 3.28. The lowest BCUT2D eigenvalue weighted by atomic mass is 9.87. The summed E-state index contributed by atoms with van der Waals surface area (Å²) in [6, 6.07) is 13.8. The number of benzene rings is 2. The van der Waals surface area contributed by atoms with Crippen molar-refractivity contribution in [2.45, 2.75) is 57.7 Å². The van der Waals surface area contributed by atoms with E-state index in [1.54, 1.807) is 4.57 Å². The van der Waals surface area contributed by atoms with Crippen LogP contribution in [0, 0.1) is 19.8 Å². The molecule has 5 rings (SSSR count). The van der Waals surface area contributed by atoms with Gasteiger partial charge in [0.05, 0.1) is 22.3 Å². The Morgan fingerprint density at radius 1 is 1.09 bits per heavy atom. The van der Waals surface area contributed by atoms with Crippen LogP contribution in [-0.2, 0) is 4.79 Å². The second kappa shape index (κ2) is 9.49. The summed E-state index contributed by atoms with van der Waals surface area (Å²) in [7, 11) is 1.92. The van der Waals surface area contributed by atoms with Crippen LogP contribution in [0.3, 0.4) is 0 Å². The molecule has 7 nitrogen and oxygen atoms in total. The zero-order valence-corrected chi connectivity index (χ0v) is 21.5. The van der Waals surface area contributed by atoms with E-state index in [-0.39, 0.29) is 17.2 Å². The third-order valence-electron chi connectivity index (χ3n) is 7.25. The fourth-order valence-electron chi connectivity index (χ4n) is 5.01. The van der Waals surface area contributed by atoms with Crippen molar-refractivity contribution in [2.75, 3.05) is 12.8 Å². The lowest BCUT2D eigenvalue weighted by Gasteiger charge is -2.33. The standard InChI is InChI=1S/C27H31N5O2S/c1-17-10-13-20(14-11-17)30(4)24(33)16-35-27-29-28-26-31(23-15-18(2)9-12-19(23)3)25(34)21-7-5-6-8-22(21)32(26)27/h5-9,12,15,17,20H,10-11,13-14,16H2,1-4H3. The summed E-state index contributed by atoms with van der Waals surface area (Å²) in [5, 5.41) is 10.0. The smallest absolute Gasteiger partial charge is 0.267 e. The van der Waals surface area contributed by atoms with E-state index in [0.717, 1.165) is 41.1 Å². The Morgan fingerprint density at radius 3 is 2.60 bits per heavy atom. The molecule has 1 saturated carbocycles. The van der Waals surface area contributed by atoms with E-state index in [1.165, 1.54) is 24.6 Å². The zero-order valence-electron chi connectivity index (χ0n) is 20.7. The van der Waals surface area contributed by atoms with Gasteiger partial charge in [-0.15, -0.1) is 10.2 Å². The molecule has 0 N–H and O–H groups in total. The first-order valence-corrected chi connectivity index (χ1v) is 13.2. The van der Waals surface area contributed by atoms with Gasteiger partial charge in [0.2, 0.25) is 11.7 Å². The van der Waals surface area contributed by atoms with Crippen molar-refractivity contribution in [1.29, 1.82) is 0 Å². The summed E-state index contributed by atoms with van der Waals surface area (Å²) in [6.07, 6.45) is 4.47. The van der Waals surface area contributed by atoms with E-state index in [4.69, 9.17) is 0 Å². The monoisotopic (exact) mass is 489 g/mol. The lowest BCUT2D eigenvalue weighted by molar-refractivity contribution is -0.129. The maximum Gasteiger partial charge on any atom is 0.267 e. The van der Waals surface area contributed by atoms with Crippen molar-refractivity contribution in [3.63, 3.8) is 0 Å². The molecular weight excluding hydrogens is 458 g/mol. The minimum atomic E-state index is -0.131. The van der Waals surface area contributed by atoms with Crippen LogP contribution in [0.5, 0.6) is 0 Å². The lowest BCUT2D eigenvalue weighted by Crippen LogP contribution is -2.40. The highest BCUT2D eigenvalue weighted by Gasteiger charge is 2.26. The largest absolute Gasteiger partial charge is 0.342 e. The molecule has 0 spiro atoms.